The van der Waals surface area contributed by atoms with Crippen LogP contribution in [-0.4, -0.2) is 19.5 Å². The summed E-state index contributed by atoms with van der Waals surface area (Å²) in [6.45, 7) is 0.294. The van der Waals surface area contributed by atoms with Gasteiger partial charge < -0.3 is 4.57 Å². The molecule has 0 unspecified atom stereocenters. The van der Waals surface area contributed by atoms with Crippen molar-refractivity contribution in [1.29, 1.82) is 0 Å². The molecule has 21 heavy (non-hydrogen) atoms. The largest absolute Gasteiger partial charge is 0.339 e. The Bertz CT molecular complexity index is 832. The Morgan fingerprint density at radius 3 is 2.81 bits per heavy atom. The Labute approximate surface area is 123 Å². The van der Waals surface area contributed by atoms with Crippen LogP contribution in [0.1, 0.15) is 5.69 Å². The minimum absolute atomic E-state index is 0.274. The normalized spacial score (nSPS) is 11.0. The highest BCUT2D eigenvalue weighted by Gasteiger charge is 2.15. The molecule has 0 amide bonds. The molecule has 0 aliphatic carbocycles. The predicted octanol–water partition coefficient (Wildman–Crippen LogP) is 3.18. The molecule has 8 heteroatoms. The maximum atomic E-state index is 14.1. The number of nitro benzene ring substituents is 1. The van der Waals surface area contributed by atoms with Gasteiger partial charge in [-0.05, 0) is 6.07 Å². The molecule has 0 atom stereocenters. The first-order chi connectivity index (χ1) is 10.0. The standard InChI is InChI=1S/C13H8ClFN4O2/c14-12-6-16-9(5-17-12)7-18-2-1-8-3-10(19(20)21)4-11(15)13(8)18/h1-6H,7H2. The van der Waals surface area contributed by atoms with Gasteiger partial charge in [0, 0.05) is 17.6 Å². The fourth-order valence-electron chi connectivity index (χ4n) is 2.11. The Hall–Kier alpha value is -2.54. The zero-order chi connectivity index (χ0) is 15.0. The maximum absolute atomic E-state index is 14.1. The zero-order valence-corrected chi connectivity index (χ0v) is 11.3. The van der Waals surface area contributed by atoms with E-state index in [-0.39, 0.29) is 16.4 Å². The van der Waals surface area contributed by atoms with Gasteiger partial charge in [0.1, 0.15) is 5.15 Å². The molecule has 0 radical (unpaired) electrons. The molecule has 2 aromatic heterocycles. The molecule has 0 N–H and O–H groups in total. The highest BCUT2D eigenvalue weighted by molar-refractivity contribution is 6.29. The summed E-state index contributed by atoms with van der Waals surface area (Å²) in [6, 6.07) is 3.86. The number of nitrogens with zero attached hydrogens (tertiary/aromatic N) is 4. The van der Waals surface area contributed by atoms with Crippen LogP contribution >= 0.6 is 11.6 Å². The van der Waals surface area contributed by atoms with E-state index >= 15 is 0 Å². The van der Waals surface area contributed by atoms with Gasteiger partial charge in [-0.15, -0.1) is 0 Å². The minimum atomic E-state index is -0.647. The van der Waals surface area contributed by atoms with Crippen LogP contribution in [-0.2, 0) is 6.54 Å². The van der Waals surface area contributed by atoms with E-state index in [1.54, 1.807) is 16.8 Å². The number of aromatic nitrogens is 3. The molecule has 0 saturated heterocycles. The fourth-order valence-corrected chi connectivity index (χ4v) is 2.21. The monoisotopic (exact) mass is 306 g/mol. The lowest BCUT2D eigenvalue weighted by molar-refractivity contribution is -0.384. The molecule has 0 fully saturated rings. The lowest BCUT2D eigenvalue weighted by atomic mass is 10.2. The maximum Gasteiger partial charge on any atom is 0.273 e. The number of nitro groups is 1. The van der Waals surface area contributed by atoms with Crippen molar-refractivity contribution in [1.82, 2.24) is 14.5 Å². The smallest absolute Gasteiger partial charge is 0.273 e. The van der Waals surface area contributed by atoms with E-state index in [1.165, 1.54) is 18.5 Å². The summed E-state index contributed by atoms with van der Waals surface area (Å²) in [5.41, 5.74) is 0.621. The van der Waals surface area contributed by atoms with Gasteiger partial charge in [0.05, 0.1) is 41.1 Å². The number of rotatable bonds is 3. The van der Waals surface area contributed by atoms with Crippen molar-refractivity contribution in [3.8, 4) is 0 Å². The Balaban J connectivity index is 2.04. The average Bonchev–Trinajstić information content (AvgIpc) is 2.85. The molecule has 0 spiro atoms. The van der Waals surface area contributed by atoms with Gasteiger partial charge >= 0.3 is 0 Å². The first-order valence-electron chi connectivity index (χ1n) is 5.94. The van der Waals surface area contributed by atoms with Crippen LogP contribution in [0.3, 0.4) is 0 Å². The zero-order valence-electron chi connectivity index (χ0n) is 10.5. The lowest BCUT2D eigenvalue weighted by Crippen LogP contribution is -2.02. The summed E-state index contributed by atoms with van der Waals surface area (Å²) in [5.74, 6) is -0.647. The van der Waals surface area contributed by atoms with E-state index < -0.39 is 10.7 Å². The molecule has 3 rings (SSSR count). The van der Waals surface area contributed by atoms with Gasteiger partial charge in [-0.25, -0.2) is 9.37 Å². The number of hydrogen-bond donors (Lipinski definition) is 0. The van der Waals surface area contributed by atoms with Crippen molar-refractivity contribution in [2.24, 2.45) is 0 Å². The first-order valence-corrected chi connectivity index (χ1v) is 6.31. The summed E-state index contributed by atoms with van der Waals surface area (Å²) < 4.78 is 15.7. The average molecular weight is 307 g/mol. The summed E-state index contributed by atoms with van der Waals surface area (Å²) in [6.07, 6.45) is 4.55. The number of non-ortho nitro benzene ring substituents is 1. The number of halogens is 2. The third-order valence-electron chi connectivity index (χ3n) is 3.02. The highest BCUT2D eigenvalue weighted by Crippen LogP contribution is 2.25. The van der Waals surface area contributed by atoms with Crippen molar-refractivity contribution >= 4 is 28.2 Å². The van der Waals surface area contributed by atoms with Crippen LogP contribution in [0.15, 0.2) is 36.8 Å². The summed E-state index contributed by atoms with van der Waals surface area (Å²) in [5, 5.41) is 11.5. The van der Waals surface area contributed by atoms with E-state index in [1.807, 2.05) is 0 Å². The molecule has 0 aliphatic heterocycles. The van der Waals surface area contributed by atoms with E-state index in [0.29, 0.717) is 17.6 Å². The second-order valence-corrected chi connectivity index (χ2v) is 4.78. The van der Waals surface area contributed by atoms with E-state index in [4.69, 9.17) is 11.6 Å². The molecular weight excluding hydrogens is 299 g/mol. The molecule has 0 saturated carbocycles. The molecule has 1 aromatic carbocycles. The molecule has 0 aliphatic rings. The molecule has 6 nitrogen and oxygen atoms in total. The lowest BCUT2D eigenvalue weighted by Gasteiger charge is -2.05. The molecule has 0 bridgehead atoms. The molecule has 2 heterocycles. The van der Waals surface area contributed by atoms with Gasteiger partial charge in [0.25, 0.3) is 5.69 Å². The molecule has 106 valence electrons. The van der Waals surface area contributed by atoms with Gasteiger partial charge in [0.15, 0.2) is 5.82 Å². The second kappa shape index (κ2) is 5.10. The predicted molar refractivity (Wildman–Crippen MR) is 74.7 cm³/mol. The SMILES string of the molecule is O=[N+]([O-])c1cc(F)c2c(ccn2Cc2cnc(Cl)cn2)c1. The van der Waals surface area contributed by atoms with Crippen molar-refractivity contribution in [2.75, 3.05) is 0 Å². The quantitative estimate of drug-likeness (QED) is 0.550. The van der Waals surface area contributed by atoms with Crippen LogP contribution in [0.5, 0.6) is 0 Å². The van der Waals surface area contributed by atoms with Crippen molar-refractivity contribution in [2.45, 2.75) is 6.54 Å². The Morgan fingerprint density at radius 2 is 2.14 bits per heavy atom. The van der Waals surface area contributed by atoms with Gasteiger partial charge in [-0.3, -0.25) is 15.1 Å². The number of benzene rings is 1. The van der Waals surface area contributed by atoms with Gasteiger partial charge in [0.2, 0.25) is 0 Å². The fraction of sp³-hybridized carbons (Fsp3) is 0.0769. The number of fused-ring (bicyclic) bond motifs is 1. The highest BCUT2D eigenvalue weighted by atomic mass is 35.5. The van der Waals surface area contributed by atoms with E-state index in [9.17, 15) is 14.5 Å². The van der Waals surface area contributed by atoms with Crippen LogP contribution in [0.2, 0.25) is 5.15 Å². The van der Waals surface area contributed by atoms with Crippen LogP contribution in [0, 0.1) is 15.9 Å². The van der Waals surface area contributed by atoms with Crippen molar-refractivity contribution in [3.05, 3.63) is 63.6 Å². The van der Waals surface area contributed by atoms with E-state index in [2.05, 4.69) is 9.97 Å². The van der Waals surface area contributed by atoms with E-state index in [0.717, 1.165) is 6.07 Å². The number of hydrogen-bond acceptors (Lipinski definition) is 4. The van der Waals surface area contributed by atoms with Crippen LogP contribution < -0.4 is 0 Å². The van der Waals surface area contributed by atoms with Crippen LogP contribution in [0.25, 0.3) is 10.9 Å². The topological polar surface area (TPSA) is 73.8 Å². The van der Waals surface area contributed by atoms with Crippen molar-refractivity contribution in [3.63, 3.8) is 0 Å². The summed E-state index contributed by atoms with van der Waals surface area (Å²) in [7, 11) is 0. The summed E-state index contributed by atoms with van der Waals surface area (Å²) >= 11 is 5.66. The first kappa shape index (κ1) is 13.4. The second-order valence-electron chi connectivity index (χ2n) is 4.40. The summed E-state index contributed by atoms with van der Waals surface area (Å²) in [4.78, 5) is 18.1. The van der Waals surface area contributed by atoms with Gasteiger partial charge in [-0.1, -0.05) is 11.6 Å². The van der Waals surface area contributed by atoms with Crippen LogP contribution in [0.4, 0.5) is 10.1 Å². The molecule has 3 aromatic rings. The van der Waals surface area contributed by atoms with Crippen molar-refractivity contribution < 1.29 is 9.31 Å². The third-order valence-corrected chi connectivity index (χ3v) is 3.21. The van der Waals surface area contributed by atoms with Gasteiger partial charge in [-0.2, -0.15) is 0 Å². The minimum Gasteiger partial charge on any atom is -0.339 e. The Kier molecular flexibility index (Phi) is 3.26. The third kappa shape index (κ3) is 2.55. The Morgan fingerprint density at radius 1 is 1.33 bits per heavy atom. The molecular formula is C13H8ClFN4O2.